The molecule has 0 rings (SSSR count). The van der Waals surface area contributed by atoms with Crippen molar-refractivity contribution in [1.82, 2.24) is 0 Å². The third-order valence-electron chi connectivity index (χ3n) is 2.24. The zero-order valence-electron chi connectivity index (χ0n) is 9.30. The fourth-order valence-corrected chi connectivity index (χ4v) is 2.76. The van der Waals surface area contributed by atoms with Crippen LogP contribution < -0.4 is 0 Å². The molecular weight excluding hydrogens is 212 g/mol. The van der Waals surface area contributed by atoms with Crippen LogP contribution in [-0.4, -0.2) is 21.2 Å². The second-order valence-electron chi connectivity index (χ2n) is 3.57. The number of hydrogen-bond acceptors (Lipinski definition) is 1. The molecule has 0 radical (unpaired) electrons. The van der Waals surface area contributed by atoms with Crippen LogP contribution in [0, 0.1) is 0 Å². The van der Waals surface area contributed by atoms with Gasteiger partial charge in [-0.2, -0.15) is 0 Å². The second kappa shape index (κ2) is 11.3. The first-order valence-corrected chi connectivity index (χ1v) is 8.14. The molecule has 1 unspecified atom stereocenters. The van der Waals surface area contributed by atoms with Gasteiger partial charge in [0, 0.05) is 12.1 Å². The van der Waals surface area contributed by atoms with E-state index in [1.54, 1.807) is 0 Å². The normalized spacial score (nSPS) is 12.7. The predicted octanol–water partition coefficient (Wildman–Crippen LogP) is 3.59. The van der Waals surface area contributed by atoms with E-state index in [9.17, 15) is 0 Å². The van der Waals surface area contributed by atoms with Crippen LogP contribution in [0.25, 0.3) is 0 Å². The van der Waals surface area contributed by atoms with E-state index in [1.807, 2.05) is 5.70 Å². The number of halogens is 1. The lowest BCUT2D eigenvalue weighted by Crippen LogP contribution is -2.18. The van der Waals surface area contributed by atoms with Crippen LogP contribution in [0.2, 0.25) is 0 Å². The van der Waals surface area contributed by atoms with Crippen molar-refractivity contribution in [3.63, 3.8) is 0 Å². The molecule has 1 atom stereocenters. The van der Waals surface area contributed by atoms with Crippen LogP contribution in [0.5, 0.6) is 0 Å². The Balaban J connectivity index is 3.08. The summed E-state index contributed by atoms with van der Waals surface area (Å²) in [5, 5.41) is 0. The molecule has 14 heavy (non-hydrogen) atoms. The molecule has 3 heteroatoms. The fourth-order valence-electron chi connectivity index (χ4n) is 1.29. The lowest BCUT2D eigenvalue weighted by atomic mass is 10.1. The summed E-state index contributed by atoms with van der Waals surface area (Å²) in [6.45, 7) is 6.84. The summed E-state index contributed by atoms with van der Waals surface area (Å²) in [6.07, 6.45) is 7.87. The summed E-state index contributed by atoms with van der Waals surface area (Å²) in [5.41, 5.74) is 2.56. The van der Waals surface area contributed by atoms with Gasteiger partial charge < -0.3 is 4.43 Å². The van der Waals surface area contributed by atoms with Crippen molar-refractivity contribution in [3.05, 3.63) is 12.3 Å². The van der Waals surface area contributed by atoms with Crippen LogP contribution in [0.15, 0.2) is 12.3 Å². The molecule has 0 N–H and O–H groups in total. The largest absolute Gasteiger partial charge is 0.415 e. The summed E-state index contributed by atoms with van der Waals surface area (Å²) in [5.74, 6) is 0. The van der Waals surface area contributed by atoms with Crippen LogP contribution in [0.4, 0.5) is 0 Å². The summed E-state index contributed by atoms with van der Waals surface area (Å²) < 4.78 is 5.64. The molecule has 84 valence electrons. The van der Waals surface area contributed by atoms with Crippen LogP contribution in [-0.2, 0) is 4.43 Å². The molecule has 0 heterocycles. The Hall–Kier alpha value is 0.207. The van der Waals surface area contributed by atoms with Gasteiger partial charge in [0.15, 0.2) is 0 Å². The van der Waals surface area contributed by atoms with E-state index in [0.717, 1.165) is 6.61 Å². The van der Waals surface area contributed by atoms with Crippen molar-refractivity contribution in [2.45, 2.75) is 45.4 Å². The first-order chi connectivity index (χ1) is 6.85. The molecule has 0 aliphatic rings. The van der Waals surface area contributed by atoms with E-state index in [4.69, 9.17) is 16.0 Å². The minimum absolute atomic E-state index is 0.652. The topological polar surface area (TPSA) is 9.23 Å². The Morgan fingerprint density at radius 2 is 1.86 bits per heavy atom. The highest BCUT2D eigenvalue weighted by Crippen LogP contribution is 2.05. The van der Waals surface area contributed by atoms with Crippen molar-refractivity contribution in [1.29, 1.82) is 0 Å². The highest BCUT2D eigenvalue weighted by Gasteiger charge is 2.03. The van der Waals surface area contributed by atoms with Crippen LogP contribution >= 0.6 is 11.6 Å². The van der Waals surface area contributed by atoms with Gasteiger partial charge in [0.2, 0.25) is 9.04 Å². The Labute approximate surface area is 95.2 Å². The second-order valence-corrected chi connectivity index (χ2v) is 6.68. The lowest BCUT2D eigenvalue weighted by molar-refractivity contribution is 0.314. The van der Waals surface area contributed by atoms with E-state index in [1.165, 1.54) is 38.5 Å². The Bertz CT molecular complexity index is 130. The maximum Gasteiger partial charge on any atom is 0.215 e. The average molecular weight is 235 g/mol. The minimum Gasteiger partial charge on any atom is -0.415 e. The maximum absolute atomic E-state index is 5.71. The van der Waals surface area contributed by atoms with E-state index in [2.05, 4.69) is 13.5 Å². The molecule has 0 aromatic heterocycles. The lowest BCUT2D eigenvalue weighted by Gasteiger charge is -2.08. The summed E-state index contributed by atoms with van der Waals surface area (Å²) in [4.78, 5) is 0. The predicted molar refractivity (Wildman–Crippen MR) is 67.4 cm³/mol. The fraction of sp³-hybridized carbons (Fsp3) is 0.818. The first kappa shape index (κ1) is 14.2. The quantitative estimate of drug-likeness (QED) is 0.319. The van der Waals surface area contributed by atoms with Gasteiger partial charge in [-0.05, 0) is 6.42 Å². The summed E-state index contributed by atoms with van der Waals surface area (Å²) in [6, 6.07) is 0. The van der Waals surface area contributed by atoms with E-state index < -0.39 is 9.04 Å². The van der Waals surface area contributed by atoms with Crippen molar-refractivity contribution in [3.8, 4) is 0 Å². The molecule has 0 fully saturated rings. The van der Waals surface area contributed by atoms with E-state index >= 15 is 0 Å². The van der Waals surface area contributed by atoms with Gasteiger partial charge in [-0.15, -0.1) is 18.2 Å². The van der Waals surface area contributed by atoms with Gasteiger partial charge in [-0.25, -0.2) is 0 Å². The van der Waals surface area contributed by atoms with Gasteiger partial charge in [0.1, 0.15) is 0 Å². The van der Waals surface area contributed by atoms with E-state index in [0.29, 0.717) is 5.50 Å². The zero-order chi connectivity index (χ0) is 10.6. The Morgan fingerprint density at radius 3 is 2.43 bits per heavy atom. The van der Waals surface area contributed by atoms with Crippen molar-refractivity contribution < 1.29 is 4.43 Å². The monoisotopic (exact) mass is 234 g/mol. The van der Waals surface area contributed by atoms with Gasteiger partial charge in [0.25, 0.3) is 0 Å². The third kappa shape index (κ3) is 8.79. The molecule has 1 nitrogen and oxygen atoms in total. The highest BCUT2D eigenvalue weighted by atomic mass is 35.5. The Kier molecular flexibility index (Phi) is 11.4. The van der Waals surface area contributed by atoms with Crippen LogP contribution in [0.3, 0.4) is 0 Å². The molecule has 0 saturated heterocycles. The number of unbranched alkanes of at least 4 members (excludes halogenated alkanes) is 5. The van der Waals surface area contributed by atoms with Gasteiger partial charge >= 0.3 is 0 Å². The standard InChI is InChI=1S/C11H23ClOSi/c1-3-5-6-7-8-9-10-13-14(4-2)11-12/h4,14H,2-3,5-11H2,1H3. The van der Waals surface area contributed by atoms with Crippen molar-refractivity contribution in [2.75, 3.05) is 12.1 Å². The molecule has 0 aromatic carbocycles. The molecule has 0 aliphatic heterocycles. The number of alkyl halides is 1. The minimum atomic E-state index is -1.23. The van der Waals surface area contributed by atoms with Crippen molar-refractivity contribution in [2.24, 2.45) is 0 Å². The zero-order valence-corrected chi connectivity index (χ0v) is 11.2. The number of hydrogen-bond donors (Lipinski definition) is 0. The molecule has 0 saturated carbocycles. The maximum atomic E-state index is 5.71. The summed E-state index contributed by atoms with van der Waals surface area (Å²) >= 11 is 5.71. The molecule has 0 aromatic rings. The molecule has 0 bridgehead atoms. The van der Waals surface area contributed by atoms with Crippen molar-refractivity contribution >= 4 is 20.6 Å². The number of rotatable bonds is 10. The first-order valence-electron chi connectivity index (χ1n) is 5.65. The molecule has 0 spiro atoms. The highest BCUT2D eigenvalue weighted by molar-refractivity contribution is 6.66. The van der Waals surface area contributed by atoms with Gasteiger partial charge in [0.05, 0.1) is 0 Å². The van der Waals surface area contributed by atoms with Gasteiger partial charge in [-0.3, -0.25) is 0 Å². The average Bonchev–Trinajstić information content (AvgIpc) is 2.22. The SMILES string of the molecule is C=C[SiH](CCl)OCCCCCCCC. The van der Waals surface area contributed by atoms with Gasteiger partial charge in [-0.1, -0.05) is 44.7 Å². The molecule has 0 amide bonds. The molecular formula is C11H23ClOSi. The smallest absolute Gasteiger partial charge is 0.215 e. The Morgan fingerprint density at radius 1 is 1.21 bits per heavy atom. The third-order valence-corrected chi connectivity index (χ3v) is 4.65. The summed E-state index contributed by atoms with van der Waals surface area (Å²) in [7, 11) is -1.23. The van der Waals surface area contributed by atoms with E-state index in [-0.39, 0.29) is 0 Å². The van der Waals surface area contributed by atoms with Crippen LogP contribution in [0.1, 0.15) is 45.4 Å². The molecule has 0 aliphatic carbocycles.